The molecular formula is C20H22N4O3. The van der Waals surface area contributed by atoms with Gasteiger partial charge in [-0.15, -0.1) is 0 Å². The minimum Gasteiger partial charge on any atom is -0.491 e. The van der Waals surface area contributed by atoms with Gasteiger partial charge in [-0.25, -0.2) is 9.97 Å². The molecule has 1 fully saturated rings. The molecule has 0 saturated carbocycles. The average molecular weight is 366 g/mol. The molecule has 0 aliphatic carbocycles. The predicted octanol–water partition coefficient (Wildman–Crippen LogP) is 3.38. The summed E-state index contributed by atoms with van der Waals surface area (Å²) < 4.78 is 11.3. The number of hydrogen-bond acceptors (Lipinski definition) is 5. The van der Waals surface area contributed by atoms with Crippen LogP contribution in [0.15, 0.2) is 30.6 Å². The zero-order chi connectivity index (χ0) is 18.8. The van der Waals surface area contributed by atoms with Crippen molar-refractivity contribution in [2.24, 2.45) is 0 Å². The van der Waals surface area contributed by atoms with E-state index in [0.29, 0.717) is 23.6 Å². The van der Waals surface area contributed by atoms with Gasteiger partial charge in [-0.2, -0.15) is 0 Å². The number of carbonyl (C=O) groups excluding carboxylic acids is 1. The molecule has 1 saturated heterocycles. The molecule has 0 spiro atoms. The van der Waals surface area contributed by atoms with Crippen LogP contribution in [0, 0.1) is 13.8 Å². The average Bonchev–Trinajstić information content (AvgIpc) is 3.29. The Morgan fingerprint density at radius 3 is 2.85 bits per heavy atom. The SMILES string of the molecule is Cc1[nH]c2ncnc(NC(=O)c3ccc(OCC4CCCO4)cc3)c2c1C. The van der Waals surface area contributed by atoms with Gasteiger partial charge in [0.05, 0.1) is 11.5 Å². The zero-order valence-corrected chi connectivity index (χ0v) is 15.4. The summed E-state index contributed by atoms with van der Waals surface area (Å²) in [5.74, 6) is 1.01. The Morgan fingerprint density at radius 1 is 1.30 bits per heavy atom. The van der Waals surface area contributed by atoms with Crippen molar-refractivity contribution in [3.63, 3.8) is 0 Å². The Hall–Kier alpha value is -2.93. The lowest BCUT2D eigenvalue weighted by Crippen LogP contribution is -2.16. The number of aryl methyl sites for hydroxylation is 2. The Bertz CT molecular complexity index is 959. The van der Waals surface area contributed by atoms with Crippen molar-refractivity contribution in [1.82, 2.24) is 15.0 Å². The first-order valence-electron chi connectivity index (χ1n) is 9.07. The Labute approximate surface area is 157 Å². The van der Waals surface area contributed by atoms with E-state index < -0.39 is 0 Å². The van der Waals surface area contributed by atoms with Crippen molar-refractivity contribution in [2.75, 3.05) is 18.5 Å². The smallest absolute Gasteiger partial charge is 0.256 e. The molecule has 3 aromatic rings. The number of fused-ring (bicyclic) bond motifs is 1. The number of nitrogens with one attached hydrogen (secondary N) is 2. The van der Waals surface area contributed by atoms with Crippen LogP contribution in [-0.4, -0.2) is 40.2 Å². The Kier molecular flexibility index (Phi) is 4.77. The summed E-state index contributed by atoms with van der Waals surface area (Å²) in [7, 11) is 0. The lowest BCUT2D eigenvalue weighted by molar-refractivity contribution is 0.0679. The summed E-state index contributed by atoms with van der Waals surface area (Å²) in [6.07, 6.45) is 3.73. The van der Waals surface area contributed by atoms with E-state index in [9.17, 15) is 4.79 Å². The number of aromatic amines is 1. The van der Waals surface area contributed by atoms with Crippen LogP contribution in [0.5, 0.6) is 5.75 Å². The molecule has 1 amide bonds. The molecule has 1 aliphatic rings. The lowest BCUT2D eigenvalue weighted by Gasteiger charge is -2.12. The molecule has 2 N–H and O–H groups in total. The molecule has 7 heteroatoms. The van der Waals surface area contributed by atoms with Gasteiger partial charge in [0.25, 0.3) is 5.91 Å². The largest absolute Gasteiger partial charge is 0.491 e. The van der Waals surface area contributed by atoms with Gasteiger partial charge < -0.3 is 19.8 Å². The molecule has 1 atom stereocenters. The fourth-order valence-electron chi connectivity index (χ4n) is 3.24. The van der Waals surface area contributed by atoms with Crippen LogP contribution in [0.2, 0.25) is 0 Å². The molecule has 2 aromatic heterocycles. The highest BCUT2D eigenvalue weighted by Gasteiger charge is 2.17. The number of benzene rings is 1. The van der Waals surface area contributed by atoms with E-state index in [2.05, 4.69) is 20.3 Å². The number of amides is 1. The second-order valence-electron chi connectivity index (χ2n) is 6.75. The number of rotatable bonds is 5. The third-order valence-electron chi connectivity index (χ3n) is 4.90. The van der Waals surface area contributed by atoms with Crippen LogP contribution in [0.1, 0.15) is 34.5 Å². The first-order chi connectivity index (χ1) is 13.1. The van der Waals surface area contributed by atoms with E-state index in [0.717, 1.165) is 41.8 Å². The van der Waals surface area contributed by atoms with Crippen LogP contribution >= 0.6 is 0 Å². The van der Waals surface area contributed by atoms with Gasteiger partial charge in [0.1, 0.15) is 30.1 Å². The van der Waals surface area contributed by atoms with Crippen LogP contribution < -0.4 is 10.1 Å². The van der Waals surface area contributed by atoms with Crippen molar-refractivity contribution >= 4 is 22.8 Å². The van der Waals surface area contributed by atoms with Gasteiger partial charge >= 0.3 is 0 Å². The maximum atomic E-state index is 12.6. The van der Waals surface area contributed by atoms with Gasteiger partial charge in [0.2, 0.25) is 0 Å². The van der Waals surface area contributed by atoms with Crippen molar-refractivity contribution in [3.05, 3.63) is 47.4 Å². The van der Waals surface area contributed by atoms with Crippen LogP contribution in [0.4, 0.5) is 5.82 Å². The minimum atomic E-state index is -0.223. The number of carbonyl (C=O) groups is 1. The highest BCUT2D eigenvalue weighted by molar-refractivity contribution is 6.08. The van der Waals surface area contributed by atoms with E-state index in [-0.39, 0.29) is 12.0 Å². The second kappa shape index (κ2) is 7.36. The third kappa shape index (κ3) is 3.64. The van der Waals surface area contributed by atoms with Crippen molar-refractivity contribution < 1.29 is 14.3 Å². The first kappa shape index (κ1) is 17.5. The summed E-state index contributed by atoms with van der Waals surface area (Å²) in [4.78, 5) is 24.3. The molecule has 27 heavy (non-hydrogen) atoms. The molecule has 1 unspecified atom stereocenters. The normalized spacial score (nSPS) is 16.6. The first-order valence-corrected chi connectivity index (χ1v) is 9.07. The number of H-pyrrole nitrogens is 1. The highest BCUT2D eigenvalue weighted by atomic mass is 16.5. The van der Waals surface area contributed by atoms with E-state index in [4.69, 9.17) is 9.47 Å². The maximum Gasteiger partial charge on any atom is 0.256 e. The Balaban J connectivity index is 1.45. The van der Waals surface area contributed by atoms with E-state index in [1.165, 1.54) is 6.33 Å². The molecular weight excluding hydrogens is 344 g/mol. The van der Waals surface area contributed by atoms with Gasteiger partial charge in [0.15, 0.2) is 0 Å². The van der Waals surface area contributed by atoms with Crippen molar-refractivity contribution in [1.29, 1.82) is 0 Å². The molecule has 1 aromatic carbocycles. The van der Waals surface area contributed by atoms with Gasteiger partial charge in [-0.05, 0) is 56.5 Å². The summed E-state index contributed by atoms with van der Waals surface area (Å²) in [5, 5.41) is 3.71. The van der Waals surface area contributed by atoms with E-state index >= 15 is 0 Å². The number of anilines is 1. The number of aromatic nitrogens is 3. The number of ether oxygens (including phenoxy) is 2. The van der Waals surface area contributed by atoms with E-state index in [1.807, 2.05) is 13.8 Å². The number of nitrogens with zero attached hydrogens (tertiary/aromatic N) is 2. The summed E-state index contributed by atoms with van der Waals surface area (Å²) in [6.45, 7) is 5.30. The third-order valence-corrected chi connectivity index (χ3v) is 4.90. The molecule has 0 bridgehead atoms. The maximum absolute atomic E-state index is 12.6. The molecule has 1 aliphatic heterocycles. The standard InChI is InChI=1S/C20H22N4O3/c1-12-13(2)23-18-17(12)19(22-11-21-18)24-20(25)14-5-7-15(8-6-14)27-10-16-4-3-9-26-16/h5-8,11,16H,3-4,9-10H2,1-2H3,(H2,21,22,23,24,25). The highest BCUT2D eigenvalue weighted by Crippen LogP contribution is 2.26. The van der Waals surface area contributed by atoms with Crippen LogP contribution in [0.3, 0.4) is 0 Å². The molecule has 140 valence electrons. The van der Waals surface area contributed by atoms with Gasteiger partial charge in [-0.3, -0.25) is 4.79 Å². The summed E-state index contributed by atoms with van der Waals surface area (Å²) >= 11 is 0. The molecule has 0 radical (unpaired) electrons. The number of hydrogen-bond donors (Lipinski definition) is 2. The quantitative estimate of drug-likeness (QED) is 0.722. The summed E-state index contributed by atoms with van der Waals surface area (Å²) in [5.41, 5.74) is 3.29. The fourth-order valence-corrected chi connectivity index (χ4v) is 3.24. The lowest BCUT2D eigenvalue weighted by atomic mass is 10.2. The van der Waals surface area contributed by atoms with Crippen LogP contribution in [-0.2, 0) is 4.74 Å². The van der Waals surface area contributed by atoms with Crippen LogP contribution in [0.25, 0.3) is 11.0 Å². The van der Waals surface area contributed by atoms with Gasteiger partial charge in [0, 0.05) is 17.9 Å². The minimum absolute atomic E-state index is 0.168. The molecule has 3 heterocycles. The van der Waals surface area contributed by atoms with Gasteiger partial charge in [-0.1, -0.05) is 0 Å². The fraction of sp³-hybridized carbons (Fsp3) is 0.350. The zero-order valence-electron chi connectivity index (χ0n) is 15.4. The molecule has 4 rings (SSSR count). The Morgan fingerprint density at radius 2 is 2.11 bits per heavy atom. The monoisotopic (exact) mass is 366 g/mol. The second-order valence-corrected chi connectivity index (χ2v) is 6.75. The van der Waals surface area contributed by atoms with Crippen molar-refractivity contribution in [2.45, 2.75) is 32.8 Å². The summed E-state index contributed by atoms with van der Waals surface area (Å²) in [6, 6.07) is 7.08. The topological polar surface area (TPSA) is 89.1 Å². The predicted molar refractivity (Wildman–Crippen MR) is 102 cm³/mol. The van der Waals surface area contributed by atoms with E-state index in [1.54, 1.807) is 24.3 Å². The van der Waals surface area contributed by atoms with Crippen molar-refractivity contribution in [3.8, 4) is 5.75 Å². The molecule has 7 nitrogen and oxygen atoms in total.